The van der Waals surface area contributed by atoms with Crippen LogP contribution in [0.1, 0.15) is 96.8 Å². The average molecular weight is 409 g/mol. The number of hydrogen-bond donors (Lipinski definition) is 4. The molecule has 2 unspecified atom stereocenters. The molecule has 0 aliphatic carbocycles. The molecule has 0 aliphatic heterocycles. The van der Waals surface area contributed by atoms with E-state index in [9.17, 15) is 9.67 Å². The Kier molecular flexibility index (Phi) is 17.7. The van der Waals surface area contributed by atoms with Crippen molar-refractivity contribution in [3.63, 3.8) is 0 Å². The third-order valence-corrected chi connectivity index (χ3v) is 5.18. The highest BCUT2D eigenvalue weighted by atomic mass is 31.2. The predicted octanol–water partition coefficient (Wildman–Crippen LogP) is 4.86. The molecule has 0 saturated carbocycles. The Morgan fingerprint density at radius 1 is 0.852 bits per heavy atom. The molecule has 0 aliphatic rings. The Balaban J connectivity index is 3.56. The van der Waals surface area contributed by atoms with Crippen LogP contribution in [0.5, 0.6) is 0 Å². The molecule has 0 radical (unpaired) electrons. The molecule has 0 bridgehead atoms. The number of unbranched alkanes of at least 4 members (excludes halogenated alkanes) is 11. The van der Waals surface area contributed by atoms with E-state index in [1.807, 2.05) is 0 Å². The molecule has 6 nitrogen and oxygen atoms in total. The van der Waals surface area contributed by atoms with Gasteiger partial charge in [0.05, 0.1) is 12.7 Å². The number of phosphoric ester groups is 1. The van der Waals surface area contributed by atoms with E-state index in [0.29, 0.717) is 12.8 Å². The predicted molar refractivity (Wildman–Crippen MR) is 109 cm³/mol. The monoisotopic (exact) mass is 408 g/mol. The van der Waals surface area contributed by atoms with E-state index < -0.39 is 26.6 Å². The highest BCUT2D eigenvalue weighted by Crippen LogP contribution is 2.39. The fourth-order valence-electron chi connectivity index (χ4n) is 3.03. The van der Waals surface area contributed by atoms with Crippen LogP contribution in [0.4, 0.5) is 0 Å². The van der Waals surface area contributed by atoms with Crippen molar-refractivity contribution in [2.24, 2.45) is 0 Å². The molecule has 2 atom stereocenters. The molecule has 0 heterocycles. The van der Waals surface area contributed by atoms with E-state index in [4.69, 9.17) is 14.9 Å². The van der Waals surface area contributed by atoms with Crippen molar-refractivity contribution >= 4 is 7.82 Å². The van der Waals surface area contributed by atoms with Crippen molar-refractivity contribution in [2.75, 3.05) is 6.61 Å². The van der Waals surface area contributed by atoms with Crippen molar-refractivity contribution in [2.45, 2.75) is 109 Å². The summed E-state index contributed by atoms with van der Waals surface area (Å²) in [5, 5.41) is 18.5. The van der Waals surface area contributed by atoms with Gasteiger partial charge in [-0.3, -0.25) is 4.52 Å². The molecule has 0 aromatic rings. The number of aliphatic hydroxyl groups excluding tert-OH is 2. The van der Waals surface area contributed by atoms with Gasteiger partial charge in [0.15, 0.2) is 0 Å². The lowest BCUT2D eigenvalue weighted by molar-refractivity contribution is -0.0179. The quantitative estimate of drug-likeness (QED) is 0.138. The fraction of sp³-hybridized carbons (Fsp3) is 0.900. The van der Waals surface area contributed by atoms with E-state index >= 15 is 0 Å². The maximum atomic E-state index is 10.9. The number of aliphatic hydroxyl groups is 2. The summed E-state index contributed by atoms with van der Waals surface area (Å²) < 4.78 is 15.5. The van der Waals surface area contributed by atoms with Gasteiger partial charge in [0.1, 0.15) is 6.10 Å². The second-order valence-electron chi connectivity index (χ2n) is 7.26. The zero-order valence-corrected chi connectivity index (χ0v) is 17.9. The van der Waals surface area contributed by atoms with Gasteiger partial charge in [0.25, 0.3) is 0 Å². The summed E-state index contributed by atoms with van der Waals surface area (Å²) in [6.07, 6.45) is 17.8. The molecule has 7 heteroatoms. The molecule has 0 amide bonds. The maximum absolute atomic E-state index is 10.9. The van der Waals surface area contributed by atoms with Gasteiger partial charge in [-0.25, -0.2) is 4.57 Å². The van der Waals surface area contributed by atoms with Crippen LogP contribution < -0.4 is 0 Å². The van der Waals surface area contributed by atoms with Crippen LogP contribution in [0, 0.1) is 0 Å². The fourth-order valence-corrected chi connectivity index (χ4v) is 3.62. The van der Waals surface area contributed by atoms with Crippen molar-refractivity contribution in [3.05, 3.63) is 12.2 Å². The summed E-state index contributed by atoms with van der Waals surface area (Å²) >= 11 is 0. The van der Waals surface area contributed by atoms with Crippen LogP contribution in [0.3, 0.4) is 0 Å². The van der Waals surface area contributed by atoms with E-state index in [2.05, 4.69) is 23.6 Å². The SMILES string of the molecule is CCCCCCCC/C=C\CCCCCCCC(OP(=O)(O)O)C(O)CO. The van der Waals surface area contributed by atoms with Crippen molar-refractivity contribution in [3.8, 4) is 0 Å². The van der Waals surface area contributed by atoms with E-state index in [1.54, 1.807) is 0 Å². The Hall–Kier alpha value is -0.230. The Morgan fingerprint density at radius 2 is 1.33 bits per heavy atom. The van der Waals surface area contributed by atoms with Gasteiger partial charge in [0.2, 0.25) is 0 Å². The molecule has 0 aromatic heterocycles. The normalized spacial score (nSPS) is 14.7. The Morgan fingerprint density at radius 3 is 1.81 bits per heavy atom. The summed E-state index contributed by atoms with van der Waals surface area (Å²) in [5.41, 5.74) is 0. The molecular weight excluding hydrogens is 367 g/mol. The van der Waals surface area contributed by atoms with E-state index in [0.717, 1.165) is 32.1 Å². The van der Waals surface area contributed by atoms with Gasteiger partial charge in [-0.2, -0.15) is 0 Å². The first-order valence-corrected chi connectivity index (χ1v) is 12.1. The lowest BCUT2D eigenvalue weighted by Gasteiger charge is -2.21. The van der Waals surface area contributed by atoms with E-state index in [1.165, 1.54) is 44.9 Å². The molecule has 0 fully saturated rings. The summed E-state index contributed by atoms with van der Waals surface area (Å²) in [6, 6.07) is 0. The van der Waals surface area contributed by atoms with Crippen LogP contribution in [0.25, 0.3) is 0 Å². The topological polar surface area (TPSA) is 107 Å². The van der Waals surface area contributed by atoms with Gasteiger partial charge in [0, 0.05) is 0 Å². The minimum absolute atomic E-state index is 0.324. The molecule has 4 N–H and O–H groups in total. The number of phosphoric acid groups is 1. The summed E-state index contributed by atoms with van der Waals surface area (Å²) in [4.78, 5) is 17.7. The van der Waals surface area contributed by atoms with Crippen LogP contribution in [-0.4, -0.2) is 38.8 Å². The second-order valence-corrected chi connectivity index (χ2v) is 8.45. The largest absolute Gasteiger partial charge is 0.469 e. The number of rotatable bonds is 19. The number of hydrogen-bond acceptors (Lipinski definition) is 4. The molecule has 0 spiro atoms. The second kappa shape index (κ2) is 17.8. The van der Waals surface area contributed by atoms with Gasteiger partial charge >= 0.3 is 7.82 Å². The van der Waals surface area contributed by atoms with Crippen LogP contribution in [0.15, 0.2) is 12.2 Å². The minimum atomic E-state index is -4.66. The standard InChI is InChI=1S/C20H41O6P/c1-2-3-4-5-6-7-8-9-10-11-12-13-14-15-16-17-20(19(22)18-21)26-27(23,24)25/h9-10,19-22H,2-8,11-18H2,1H3,(H2,23,24,25)/b10-9-. The van der Waals surface area contributed by atoms with Crippen LogP contribution in [0.2, 0.25) is 0 Å². The van der Waals surface area contributed by atoms with Gasteiger partial charge in [-0.05, 0) is 32.1 Å². The maximum Gasteiger partial charge on any atom is 0.469 e. The summed E-state index contributed by atoms with van der Waals surface area (Å²) in [6.45, 7) is 1.66. The molecule has 162 valence electrons. The molecule has 0 rings (SSSR count). The first-order valence-electron chi connectivity index (χ1n) is 10.6. The summed E-state index contributed by atoms with van der Waals surface area (Å²) in [7, 11) is -4.66. The molecule has 27 heavy (non-hydrogen) atoms. The van der Waals surface area contributed by atoms with Crippen LogP contribution >= 0.6 is 7.82 Å². The number of allylic oxidation sites excluding steroid dienone is 2. The summed E-state index contributed by atoms with van der Waals surface area (Å²) in [5.74, 6) is 0. The Labute approximate surface area is 165 Å². The molecular formula is C20H41O6P. The lowest BCUT2D eigenvalue weighted by atomic mass is 10.0. The zero-order valence-electron chi connectivity index (χ0n) is 17.0. The van der Waals surface area contributed by atoms with Crippen molar-refractivity contribution in [1.29, 1.82) is 0 Å². The zero-order chi connectivity index (χ0) is 20.4. The van der Waals surface area contributed by atoms with Gasteiger partial charge < -0.3 is 20.0 Å². The first kappa shape index (κ1) is 26.8. The highest BCUT2D eigenvalue weighted by molar-refractivity contribution is 7.46. The highest BCUT2D eigenvalue weighted by Gasteiger charge is 2.27. The van der Waals surface area contributed by atoms with Crippen molar-refractivity contribution in [1.82, 2.24) is 0 Å². The van der Waals surface area contributed by atoms with Crippen LogP contribution in [-0.2, 0) is 9.09 Å². The molecule has 0 saturated heterocycles. The van der Waals surface area contributed by atoms with E-state index in [-0.39, 0.29) is 0 Å². The van der Waals surface area contributed by atoms with Crippen molar-refractivity contribution < 1.29 is 29.1 Å². The molecule has 0 aromatic carbocycles. The van der Waals surface area contributed by atoms with Gasteiger partial charge in [-0.1, -0.05) is 76.9 Å². The minimum Gasteiger partial charge on any atom is -0.394 e. The van der Waals surface area contributed by atoms with Gasteiger partial charge in [-0.15, -0.1) is 0 Å². The third kappa shape index (κ3) is 18.9. The third-order valence-electron chi connectivity index (χ3n) is 4.64. The Bertz CT molecular complexity index is 396. The average Bonchev–Trinajstić information content (AvgIpc) is 2.62. The lowest BCUT2D eigenvalue weighted by Crippen LogP contribution is -2.31. The first-order chi connectivity index (χ1) is 12.9. The smallest absolute Gasteiger partial charge is 0.394 e.